The van der Waals surface area contributed by atoms with E-state index < -0.39 is 18.0 Å². The zero-order valence-electron chi connectivity index (χ0n) is 13.6. The molecule has 128 valence electrons. The zero-order valence-corrected chi connectivity index (χ0v) is 13.6. The third-order valence-corrected chi connectivity index (χ3v) is 3.54. The topological polar surface area (TPSA) is 86.4 Å². The average molecular weight is 339 g/mol. The van der Waals surface area contributed by atoms with E-state index in [1.54, 1.807) is 53.5 Å². The molecule has 3 rings (SSSR count). The van der Waals surface area contributed by atoms with Gasteiger partial charge in [0.25, 0.3) is 5.91 Å². The van der Waals surface area contributed by atoms with Gasteiger partial charge in [-0.05, 0) is 49.4 Å². The van der Waals surface area contributed by atoms with Crippen LogP contribution in [-0.4, -0.2) is 27.8 Å². The molecule has 25 heavy (non-hydrogen) atoms. The van der Waals surface area contributed by atoms with Gasteiger partial charge in [0.1, 0.15) is 5.76 Å². The first kappa shape index (κ1) is 16.5. The van der Waals surface area contributed by atoms with Crippen LogP contribution in [0.4, 0.5) is 0 Å². The van der Waals surface area contributed by atoms with Crippen LogP contribution in [0.1, 0.15) is 23.0 Å². The molecule has 3 aromatic rings. The maximum atomic E-state index is 12.1. The SMILES string of the molecule is C[C@H](OC(=O)c1ccc(-n2cccn2)cc1)C(=O)NCc1ccco1. The summed E-state index contributed by atoms with van der Waals surface area (Å²) in [4.78, 5) is 24.1. The number of hydrogen-bond donors (Lipinski definition) is 1. The standard InChI is InChI=1S/C18H17N3O4/c1-13(17(22)19-12-16-4-2-11-24-16)25-18(23)14-5-7-15(8-6-14)21-10-3-9-20-21/h2-11,13H,12H2,1H3,(H,19,22)/t13-/m0/s1. The largest absolute Gasteiger partial charge is 0.467 e. The summed E-state index contributed by atoms with van der Waals surface area (Å²) in [6.45, 7) is 1.76. The van der Waals surface area contributed by atoms with Gasteiger partial charge in [-0.25, -0.2) is 9.48 Å². The van der Waals surface area contributed by atoms with Crippen molar-refractivity contribution in [3.05, 3.63) is 72.4 Å². The molecule has 0 unspecified atom stereocenters. The fraction of sp³-hybridized carbons (Fsp3) is 0.167. The van der Waals surface area contributed by atoms with E-state index in [9.17, 15) is 9.59 Å². The summed E-state index contributed by atoms with van der Waals surface area (Å²) in [6, 6.07) is 12.1. The summed E-state index contributed by atoms with van der Waals surface area (Å²) in [5.41, 5.74) is 1.19. The molecule has 0 fully saturated rings. The minimum absolute atomic E-state index is 0.242. The number of carbonyl (C=O) groups is 2. The number of hydrogen-bond acceptors (Lipinski definition) is 5. The van der Waals surface area contributed by atoms with E-state index >= 15 is 0 Å². The van der Waals surface area contributed by atoms with Crippen molar-refractivity contribution in [3.8, 4) is 5.69 Å². The van der Waals surface area contributed by atoms with Crippen LogP contribution in [0.5, 0.6) is 0 Å². The number of furan rings is 1. The molecule has 7 nitrogen and oxygen atoms in total. The third-order valence-electron chi connectivity index (χ3n) is 3.54. The number of benzene rings is 1. The molecule has 0 saturated carbocycles. The minimum Gasteiger partial charge on any atom is -0.467 e. The Hall–Kier alpha value is -3.35. The molecule has 0 radical (unpaired) electrons. The Morgan fingerprint density at radius 3 is 2.68 bits per heavy atom. The van der Waals surface area contributed by atoms with Crippen LogP contribution >= 0.6 is 0 Å². The molecule has 2 aromatic heterocycles. The van der Waals surface area contributed by atoms with Gasteiger partial charge in [-0.3, -0.25) is 4.79 Å². The molecule has 1 amide bonds. The molecule has 1 aromatic carbocycles. The van der Waals surface area contributed by atoms with E-state index in [1.807, 2.05) is 6.07 Å². The Balaban J connectivity index is 1.54. The summed E-state index contributed by atoms with van der Waals surface area (Å²) in [5.74, 6) is -0.327. The van der Waals surface area contributed by atoms with Crippen LogP contribution < -0.4 is 5.32 Å². The van der Waals surface area contributed by atoms with Crippen LogP contribution in [0.25, 0.3) is 5.69 Å². The van der Waals surface area contributed by atoms with E-state index in [0.29, 0.717) is 11.3 Å². The van der Waals surface area contributed by atoms with E-state index in [4.69, 9.17) is 9.15 Å². The quantitative estimate of drug-likeness (QED) is 0.697. The Labute approximate surface area is 144 Å². The van der Waals surface area contributed by atoms with Crippen molar-refractivity contribution in [1.29, 1.82) is 0 Å². The highest BCUT2D eigenvalue weighted by Crippen LogP contribution is 2.11. The second-order valence-electron chi connectivity index (χ2n) is 5.34. The number of amides is 1. The lowest BCUT2D eigenvalue weighted by Crippen LogP contribution is -2.35. The van der Waals surface area contributed by atoms with Gasteiger partial charge < -0.3 is 14.5 Å². The first-order valence-electron chi connectivity index (χ1n) is 7.74. The number of rotatable bonds is 6. The number of esters is 1. The molecule has 1 atom stereocenters. The average Bonchev–Trinajstić information content (AvgIpc) is 3.33. The molecule has 0 bridgehead atoms. The number of nitrogens with zero attached hydrogens (tertiary/aromatic N) is 2. The highest BCUT2D eigenvalue weighted by molar-refractivity contribution is 5.92. The molecule has 7 heteroatoms. The van der Waals surface area contributed by atoms with Gasteiger partial charge in [-0.2, -0.15) is 5.10 Å². The highest BCUT2D eigenvalue weighted by Gasteiger charge is 2.19. The van der Waals surface area contributed by atoms with Gasteiger partial charge in [0.15, 0.2) is 6.10 Å². The fourth-order valence-electron chi connectivity index (χ4n) is 2.19. The molecular weight excluding hydrogens is 322 g/mol. The summed E-state index contributed by atoms with van der Waals surface area (Å²) in [7, 11) is 0. The first-order chi connectivity index (χ1) is 12.1. The number of nitrogens with one attached hydrogen (secondary N) is 1. The Morgan fingerprint density at radius 1 is 1.24 bits per heavy atom. The predicted molar refractivity (Wildman–Crippen MR) is 89.0 cm³/mol. The molecule has 0 aliphatic heterocycles. The van der Waals surface area contributed by atoms with E-state index in [2.05, 4.69) is 10.4 Å². The van der Waals surface area contributed by atoms with Crippen molar-refractivity contribution in [2.24, 2.45) is 0 Å². The molecule has 0 aliphatic carbocycles. The van der Waals surface area contributed by atoms with E-state index in [0.717, 1.165) is 5.69 Å². The van der Waals surface area contributed by atoms with Gasteiger partial charge in [-0.15, -0.1) is 0 Å². The fourth-order valence-corrected chi connectivity index (χ4v) is 2.19. The lowest BCUT2D eigenvalue weighted by atomic mass is 10.2. The van der Waals surface area contributed by atoms with Crippen LogP contribution in [-0.2, 0) is 16.1 Å². The second-order valence-corrected chi connectivity index (χ2v) is 5.34. The maximum Gasteiger partial charge on any atom is 0.338 e. The third kappa shape index (κ3) is 4.14. The van der Waals surface area contributed by atoms with Gasteiger partial charge in [-0.1, -0.05) is 0 Å². The van der Waals surface area contributed by atoms with Gasteiger partial charge >= 0.3 is 5.97 Å². The van der Waals surface area contributed by atoms with E-state index in [-0.39, 0.29) is 6.54 Å². The molecule has 0 spiro atoms. The first-order valence-corrected chi connectivity index (χ1v) is 7.74. The normalized spacial score (nSPS) is 11.7. The lowest BCUT2D eigenvalue weighted by molar-refractivity contribution is -0.129. The molecule has 2 heterocycles. The zero-order chi connectivity index (χ0) is 17.6. The van der Waals surface area contributed by atoms with Crippen molar-refractivity contribution in [1.82, 2.24) is 15.1 Å². The van der Waals surface area contributed by atoms with Crippen molar-refractivity contribution < 1.29 is 18.7 Å². The maximum absolute atomic E-state index is 12.1. The predicted octanol–water partition coefficient (Wildman–Crippen LogP) is 2.33. The van der Waals surface area contributed by atoms with Crippen LogP contribution in [0.3, 0.4) is 0 Å². The molecule has 0 aliphatic rings. The highest BCUT2D eigenvalue weighted by atomic mass is 16.5. The summed E-state index contributed by atoms with van der Waals surface area (Å²) < 4.78 is 12.0. The number of aromatic nitrogens is 2. The number of ether oxygens (including phenoxy) is 1. The van der Waals surface area contributed by atoms with Gasteiger partial charge in [0.05, 0.1) is 24.1 Å². The Kier molecular flexibility index (Phi) is 4.94. The number of carbonyl (C=O) groups excluding carboxylic acids is 2. The van der Waals surface area contributed by atoms with Crippen molar-refractivity contribution in [2.45, 2.75) is 19.6 Å². The van der Waals surface area contributed by atoms with E-state index in [1.165, 1.54) is 13.2 Å². The summed E-state index contributed by atoms with van der Waals surface area (Å²) in [6.07, 6.45) is 4.09. The Bertz CT molecular complexity index is 824. The smallest absolute Gasteiger partial charge is 0.338 e. The molecule has 0 saturated heterocycles. The summed E-state index contributed by atoms with van der Waals surface area (Å²) in [5, 5.41) is 6.76. The van der Waals surface area contributed by atoms with Crippen molar-refractivity contribution in [3.63, 3.8) is 0 Å². The lowest BCUT2D eigenvalue weighted by Gasteiger charge is -2.13. The summed E-state index contributed by atoms with van der Waals surface area (Å²) >= 11 is 0. The van der Waals surface area contributed by atoms with Crippen molar-refractivity contribution in [2.75, 3.05) is 0 Å². The minimum atomic E-state index is -0.909. The van der Waals surface area contributed by atoms with Crippen LogP contribution in [0, 0.1) is 0 Å². The van der Waals surface area contributed by atoms with Crippen LogP contribution in [0.15, 0.2) is 65.5 Å². The monoisotopic (exact) mass is 339 g/mol. The van der Waals surface area contributed by atoms with Gasteiger partial charge in [0, 0.05) is 12.4 Å². The second kappa shape index (κ2) is 7.48. The molecular formula is C18H17N3O4. The molecule has 1 N–H and O–H groups in total. The van der Waals surface area contributed by atoms with Crippen molar-refractivity contribution >= 4 is 11.9 Å². The van der Waals surface area contributed by atoms with Gasteiger partial charge in [0.2, 0.25) is 0 Å². The Morgan fingerprint density at radius 2 is 2.04 bits per heavy atom. The van der Waals surface area contributed by atoms with Crippen LogP contribution in [0.2, 0.25) is 0 Å².